The van der Waals surface area contributed by atoms with Gasteiger partial charge in [-0.3, -0.25) is 9.59 Å². The van der Waals surface area contributed by atoms with E-state index in [1.165, 1.54) is 0 Å². The zero-order valence-corrected chi connectivity index (χ0v) is 20.5. The molecule has 0 saturated heterocycles. The van der Waals surface area contributed by atoms with Gasteiger partial charge in [-0.25, -0.2) is 0 Å². The van der Waals surface area contributed by atoms with Crippen molar-refractivity contribution in [2.45, 2.75) is 11.8 Å². The van der Waals surface area contributed by atoms with Crippen molar-refractivity contribution in [1.82, 2.24) is 0 Å². The summed E-state index contributed by atoms with van der Waals surface area (Å²) >= 11 is 0. The van der Waals surface area contributed by atoms with Crippen molar-refractivity contribution < 1.29 is 28.9 Å². The topological polar surface area (TPSA) is 82.1 Å². The number of aliphatic carboxylic acids is 1. The van der Waals surface area contributed by atoms with Gasteiger partial charge in [0, 0.05) is 11.8 Å². The average Bonchev–Trinajstić information content (AvgIpc) is 2.93. The van der Waals surface area contributed by atoms with Crippen LogP contribution in [0.15, 0.2) is 103 Å². The van der Waals surface area contributed by atoms with Crippen LogP contribution in [-0.2, 0) is 9.59 Å². The molecule has 1 aliphatic heterocycles. The van der Waals surface area contributed by atoms with Crippen molar-refractivity contribution in [2.75, 3.05) is 13.2 Å². The Bertz CT molecular complexity index is 1420. The van der Waals surface area contributed by atoms with E-state index < -0.39 is 35.6 Å². The number of carboxylic acids is 1. The van der Waals surface area contributed by atoms with Gasteiger partial charge in [-0.1, -0.05) is 78.9 Å². The predicted octanol–water partition coefficient (Wildman–Crippen LogP) is 5.93. The highest BCUT2D eigenvalue weighted by atomic mass is 16.6. The number of fused-ring (bicyclic) bond motifs is 1. The van der Waals surface area contributed by atoms with Gasteiger partial charge in [0.25, 0.3) is 0 Å². The summed E-state index contributed by atoms with van der Waals surface area (Å²) in [4.78, 5) is 26.1. The Balaban J connectivity index is 1.31. The molecule has 0 radical (unpaired) electrons. The Morgan fingerprint density at radius 1 is 0.658 bits per heavy atom. The number of hydrogen-bond acceptors (Lipinski definition) is 5. The molecule has 6 heteroatoms. The number of carboxylic acid groups (broad SMARTS) is 1. The maximum Gasteiger partial charge on any atom is 0.315 e. The van der Waals surface area contributed by atoms with Crippen LogP contribution in [0.2, 0.25) is 0 Å². The van der Waals surface area contributed by atoms with Gasteiger partial charge in [0.1, 0.15) is 19.0 Å². The molecule has 6 rings (SSSR count). The van der Waals surface area contributed by atoms with Gasteiger partial charge < -0.3 is 19.3 Å². The van der Waals surface area contributed by atoms with Crippen LogP contribution in [-0.4, -0.2) is 30.3 Å². The van der Waals surface area contributed by atoms with Gasteiger partial charge in [-0.05, 0) is 46.5 Å². The molecule has 190 valence electrons. The van der Waals surface area contributed by atoms with Crippen LogP contribution in [0, 0.1) is 11.8 Å². The molecule has 38 heavy (non-hydrogen) atoms. The predicted molar refractivity (Wildman–Crippen MR) is 141 cm³/mol. The summed E-state index contributed by atoms with van der Waals surface area (Å²) in [5, 5.41) is 10.2. The van der Waals surface area contributed by atoms with E-state index in [0.29, 0.717) is 30.5 Å². The maximum absolute atomic E-state index is 13.7. The molecule has 6 nitrogen and oxygen atoms in total. The summed E-state index contributed by atoms with van der Waals surface area (Å²) in [6.07, 6.45) is 0. The first kappa shape index (κ1) is 23.8. The quantitative estimate of drug-likeness (QED) is 0.258. The first-order valence-electron chi connectivity index (χ1n) is 12.6. The third-order valence-electron chi connectivity index (χ3n) is 7.40. The Kier molecular flexibility index (Phi) is 6.30. The average molecular weight is 507 g/mol. The number of esters is 1. The van der Waals surface area contributed by atoms with E-state index >= 15 is 0 Å². The SMILES string of the molecule is O=C(Oc1cccc(-c2ccc3c(c2)OCCO3)c1)C1C(c2ccccc2)[C@@H](C(=O)O)[C@@H]1c1ccccc1. The van der Waals surface area contributed by atoms with E-state index in [9.17, 15) is 14.7 Å². The lowest BCUT2D eigenvalue weighted by Gasteiger charge is -2.48. The smallest absolute Gasteiger partial charge is 0.315 e. The van der Waals surface area contributed by atoms with Crippen LogP contribution in [0.5, 0.6) is 17.2 Å². The van der Waals surface area contributed by atoms with Gasteiger partial charge in [0.05, 0.1) is 11.8 Å². The highest BCUT2D eigenvalue weighted by Gasteiger charge is 2.59. The molecule has 2 unspecified atom stereocenters. The zero-order valence-electron chi connectivity index (χ0n) is 20.5. The molecule has 0 bridgehead atoms. The summed E-state index contributed by atoms with van der Waals surface area (Å²) in [7, 11) is 0. The molecule has 4 atom stereocenters. The van der Waals surface area contributed by atoms with Crippen LogP contribution in [0.3, 0.4) is 0 Å². The van der Waals surface area contributed by atoms with E-state index in [2.05, 4.69) is 0 Å². The maximum atomic E-state index is 13.7. The molecule has 1 saturated carbocycles. The first-order valence-corrected chi connectivity index (χ1v) is 12.6. The summed E-state index contributed by atoms with van der Waals surface area (Å²) in [6.45, 7) is 1.02. The van der Waals surface area contributed by atoms with E-state index in [1.807, 2.05) is 97.1 Å². The van der Waals surface area contributed by atoms with Gasteiger partial charge in [0.15, 0.2) is 11.5 Å². The van der Waals surface area contributed by atoms with Crippen molar-refractivity contribution >= 4 is 11.9 Å². The van der Waals surface area contributed by atoms with Crippen LogP contribution < -0.4 is 14.2 Å². The van der Waals surface area contributed by atoms with E-state index in [0.717, 1.165) is 22.3 Å². The molecule has 1 N–H and O–H groups in total. The number of ether oxygens (including phenoxy) is 3. The molecule has 1 heterocycles. The molecule has 4 aromatic rings. The Morgan fingerprint density at radius 3 is 1.89 bits per heavy atom. The highest BCUT2D eigenvalue weighted by Crippen LogP contribution is 2.58. The summed E-state index contributed by atoms with van der Waals surface area (Å²) < 4.78 is 17.3. The molecule has 1 aliphatic carbocycles. The minimum atomic E-state index is -0.919. The van der Waals surface area contributed by atoms with Crippen molar-refractivity contribution in [1.29, 1.82) is 0 Å². The van der Waals surface area contributed by atoms with Crippen LogP contribution in [0.4, 0.5) is 0 Å². The summed E-state index contributed by atoms with van der Waals surface area (Å²) in [5.74, 6) is -1.93. The second-order valence-electron chi connectivity index (χ2n) is 9.57. The lowest BCUT2D eigenvalue weighted by molar-refractivity contribution is -0.158. The van der Waals surface area contributed by atoms with Crippen LogP contribution >= 0.6 is 0 Å². The monoisotopic (exact) mass is 506 g/mol. The van der Waals surface area contributed by atoms with Gasteiger partial charge in [-0.15, -0.1) is 0 Å². The molecular weight excluding hydrogens is 480 g/mol. The standard InChI is InChI=1S/C32H26O6/c33-31(34)29-27(20-8-3-1-4-9-20)30(28(29)21-10-5-2-6-11-21)32(35)38-24-13-7-12-22(18-24)23-14-15-25-26(19-23)37-17-16-36-25/h1-15,18-19,27-30H,16-17H2,(H,33,34)/t27-,28?,29-,30?/m0/s1. The second kappa shape index (κ2) is 10.1. The molecular formula is C32H26O6. The number of rotatable bonds is 6. The second-order valence-corrected chi connectivity index (χ2v) is 9.57. The first-order chi connectivity index (χ1) is 18.6. The minimum Gasteiger partial charge on any atom is -0.486 e. The third-order valence-corrected chi connectivity index (χ3v) is 7.40. The van der Waals surface area contributed by atoms with Gasteiger partial charge in [0.2, 0.25) is 0 Å². The third kappa shape index (κ3) is 4.39. The number of benzene rings is 4. The van der Waals surface area contributed by atoms with Crippen molar-refractivity contribution in [3.8, 4) is 28.4 Å². The van der Waals surface area contributed by atoms with Crippen LogP contribution in [0.1, 0.15) is 23.0 Å². The van der Waals surface area contributed by atoms with E-state index in [1.54, 1.807) is 6.07 Å². The van der Waals surface area contributed by atoms with Crippen molar-refractivity contribution in [2.24, 2.45) is 11.8 Å². The van der Waals surface area contributed by atoms with Crippen molar-refractivity contribution in [3.05, 3.63) is 114 Å². The molecule has 4 aromatic carbocycles. The highest BCUT2D eigenvalue weighted by molar-refractivity contribution is 5.86. The lowest BCUT2D eigenvalue weighted by atomic mass is 9.52. The Morgan fingerprint density at radius 2 is 1.26 bits per heavy atom. The van der Waals surface area contributed by atoms with Crippen LogP contribution in [0.25, 0.3) is 11.1 Å². The van der Waals surface area contributed by atoms with Gasteiger partial charge >= 0.3 is 11.9 Å². The molecule has 0 amide bonds. The zero-order chi connectivity index (χ0) is 26.1. The van der Waals surface area contributed by atoms with Crippen molar-refractivity contribution in [3.63, 3.8) is 0 Å². The molecule has 2 aliphatic rings. The fraction of sp³-hybridized carbons (Fsp3) is 0.188. The Labute approximate surface area is 220 Å². The van der Waals surface area contributed by atoms with E-state index in [-0.39, 0.29) is 0 Å². The number of carbonyl (C=O) groups excluding carboxylic acids is 1. The van der Waals surface area contributed by atoms with Gasteiger partial charge in [-0.2, -0.15) is 0 Å². The fourth-order valence-electron chi connectivity index (χ4n) is 5.67. The molecule has 0 spiro atoms. The molecule has 0 aromatic heterocycles. The Hall–Kier alpha value is -4.58. The number of hydrogen-bond donors (Lipinski definition) is 1. The number of carbonyl (C=O) groups is 2. The summed E-state index contributed by atoms with van der Waals surface area (Å²) in [5.41, 5.74) is 3.41. The minimum absolute atomic E-state index is 0.403. The normalized spacial score (nSPS) is 21.7. The largest absolute Gasteiger partial charge is 0.486 e. The van der Waals surface area contributed by atoms with E-state index in [4.69, 9.17) is 14.2 Å². The molecule has 1 fully saturated rings. The fourth-order valence-corrected chi connectivity index (χ4v) is 5.67. The lowest BCUT2D eigenvalue weighted by Crippen LogP contribution is -2.52. The summed E-state index contributed by atoms with van der Waals surface area (Å²) in [6, 6.07) is 31.8.